The Kier molecular flexibility index (Phi) is 5.90. The van der Waals surface area contributed by atoms with Crippen LogP contribution in [0.5, 0.6) is 0 Å². The van der Waals surface area contributed by atoms with E-state index in [4.69, 9.17) is 0 Å². The van der Waals surface area contributed by atoms with Crippen LogP contribution in [0.2, 0.25) is 0 Å². The van der Waals surface area contributed by atoms with Crippen LogP contribution in [0.3, 0.4) is 0 Å². The van der Waals surface area contributed by atoms with Gasteiger partial charge >= 0.3 is 0 Å². The average Bonchev–Trinajstić information content (AvgIpc) is 2.93. The molecule has 2 rings (SSSR count). The molecule has 1 amide bonds. The Morgan fingerprint density at radius 3 is 2.86 bits per heavy atom. The second kappa shape index (κ2) is 7.90. The molecular weight excluding hydrogens is 282 g/mol. The number of carbonyl (C=O) groups excluding carboxylic acids is 1. The Morgan fingerprint density at radius 2 is 2.14 bits per heavy atom. The standard InChI is InChI=1S/C16H21N3OS/c1-3-7-17-8-9-18-15(20)13-5-4-6-14(10-13)16-19-12(2)11-21-16/h4-6,10-11,17H,3,7-9H2,1-2H3,(H,18,20). The van der Waals surface area contributed by atoms with Gasteiger partial charge in [0.05, 0.1) is 0 Å². The predicted molar refractivity (Wildman–Crippen MR) is 87.8 cm³/mol. The van der Waals surface area contributed by atoms with Crippen LogP contribution in [0.25, 0.3) is 10.6 Å². The van der Waals surface area contributed by atoms with Crippen LogP contribution in [0.1, 0.15) is 29.4 Å². The summed E-state index contributed by atoms with van der Waals surface area (Å²) >= 11 is 1.60. The van der Waals surface area contributed by atoms with Crippen molar-refractivity contribution in [1.29, 1.82) is 0 Å². The lowest BCUT2D eigenvalue weighted by molar-refractivity contribution is 0.0954. The molecule has 2 aromatic rings. The lowest BCUT2D eigenvalue weighted by Gasteiger charge is -2.07. The maximum atomic E-state index is 12.1. The van der Waals surface area contributed by atoms with Gasteiger partial charge in [0.25, 0.3) is 5.91 Å². The SMILES string of the molecule is CCCNCCNC(=O)c1cccc(-c2nc(C)cs2)c1. The van der Waals surface area contributed by atoms with Crippen LogP contribution < -0.4 is 10.6 Å². The molecule has 0 unspecified atom stereocenters. The zero-order valence-electron chi connectivity index (χ0n) is 12.5. The fourth-order valence-electron chi connectivity index (χ4n) is 1.95. The molecule has 1 aromatic carbocycles. The molecule has 0 aliphatic heterocycles. The zero-order valence-corrected chi connectivity index (χ0v) is 13.3. The van der Waals surface area contributed by atoms with Crippen molar-refractivity contribution in [3.63, 3.8) is 0 Å². The van der Waals surface area contributed by atoms with Crippen LogP contribution in [0, 0.1) is 6.92 Å². The molecule has 2 N–H and O–H groups in total. The Labute approximate surface area is 129 Å². The topological polar surface area (TPSA) is 54.0 Å². The smallest absolute Gasteiger partial charge is 0.251 e. The van der Waals surface area contributed by atoms with Crippen LogP contribution in [-0.4, -0.2) is 30.5 Å². The third-order valence-corrected chi connectivity index (χ3v) is 4.01. The number of rotatable bonds is 7. The summed E-state index contributed by atoms with van der Waals surface area (Å²) in [5.74, 6) is -0.0385. The van der Waals surface area contributed by atoms with Gasteiger partial charge in [-0.3, -0.25) is 4.79 Å². The molecule has 0 spiro atoms. The number of nitrogens with zero attached hydrogens (tertiary/aromatic N) is 1. The molecule has 0 aliphatic rings. The molecule has 4 nitrogen and oxygen atoms in total. The van der Waals surface area contributed by atoms with E-state index in [0.717, 1.165) is 35.8 Å². The fraction of sp³-hybridized carbons (Fsp3) is 0.375. The van der Waals surface area contributed by atoms with E-state index in [1.54, 1.807) is 11.3 Å². The van der Waals surface area contributed by atoms with E-state index in [1.165, 1.54) is 0 Å². The highest BCUT2D eigenvalue weighted by molar-refractivity contribution is 7.13. The van der Waals surface area contributed by atoms with E-state index in [-0.39, 0.29) is 5.91 Å². The Morgan fingerprint density at radius 1 is 1.29 bits per heavy atom. The number of hydrogen-bond acceptors (Lipinski definition) is 4. The monoisotopic (exact) mass is 303 g/mol. The highest BCUT2D eigenvalue weighted by Crippen LogP contribution is 2.24. The summed E-state index contributed by atoms with van der Waals surface area (Å²) < 4.78 is 0. The summed E-state index contributed by atoms with van der Waals surface area (Å²) in [6.07, 6.45) is 1.10. The van der Waals surface area contributed by atoms with Gasteiger partial charge in [-0.15, -0.1) is 11.3 Å². The summed E-state index contributed by atoms with van der Waals surface area (Å²) in [6, 6.07) is 7.61. The van der Waals surface area contributed by atoms with Crippen molar-refractivity contribution in [2.24, 2.45) is 0 Å². The van der Waals surface area contributed by atoms with Crippen molar-refractivity contribution >= 4 is 17.2 Å². The number of nitrogens with one attached hydrogen (secondary N) is 2. The molecule has 0 radical (unpaired) electrons. The van der Waals surface area contributed by atoms with E-state index in [0.29, 0.717) is 12.1 Å². The second-order valence-electron chi connectivity index (χ2n) is 4.88. The minimum absolute atomic E-state index is 0.0385. The van der Waals surface area contributed by atoms with Crippen LogP contribution in [0.4, 0.5) is 0 Å². The van der Waals surface area contributed by atoms with E-state index in [2.05, 4.69) is 22.5 Å². The molecule has 5 heteroatoms. The summed E-state index contributed by atoms with van der Waals surface area (Å²) in [5.41, 5.74) is 2.67. The molecule has 0 saturated heterocycles. The Balaban J connectivity index is 1.95. The maximum Gasteiger partial charge on any atom is 0.251 e. The van der Waals surface area contributed by atoms with Crippen molar-refractivity contribution in [2.75, 3.05) is 19.6 Å². The molecule has 112 valence electrons. The number of benzene rings is 1. The molecule has 0 bridgehead atoms. The number of hydrogen-bond donors (Lipinski definition) is 2. The number of aryl methyl sites for hydroxylation is 1. The summed E-state index contributed by atoms with van der Waals surface area (Å²) in [5, 5.41) is 9.15. The largest absolute Gasteiger partial charge is 0.351 e. The van der Waals surface area contributed by atoms with Gasteiger partial charge in [-0.1, -0.05) is 19.1 Å². The first-order valence-corrected chi connectivity index (χ1v) is 8.10. The van der Waals surface area contributed by atoms with Gasteiger partial charge in [-0.25, -0.2) is 4.98 Å². The average molecular weight is 303 g/mol. The van der Waals surface area contributed by atoms with E-state index in [1.807, 2.05) is 36.6 Å². The van der Waals surface area contributed by atoms with Crippen molar-refractivity contribution < 1.29 is 4.79 Å². The van der Waals surface area contributed by atoms with Crippen molar-refractivity contribution in [1.82, 2.24) is 15.6 Å². The van der Waals surface area contributed by atoms with Gasteiger partial charge in [0.15, 0.2) is 0 Å². The normalized spacial score (nSPS) is 10.6. The Hall–Kier alpha value is -1.72. The van der Waals surface area contributed by atoms with Gasteiger partial charge in [-0.05, 0) is 32.0 Å². The summed E-state index contributed by atoms with van der Waals surface area (Å²) in [4.78, 5) is 16.6. The lowest BCUT2D eigenvalue weighted by atomic mass is 10.1. The minimum Gasteiger partial charge on any atom is -0.351 e. The lowest BCUT2D eigenvalue weighted by Crippen LogP contribution is -2.32. The third kappa shape index (κ3) is 4.65. The molecule has 0 saturated carbocycles. The van der Waals surface area contributed by atoms with E-state index >= 15 is 0 Å². The third-order valence-electron chi connectivity index (χ3n) is 3.00. The highest BCUT2D eigenvalue weighted by Gasteiger charge is 2.08. The van der Waals surface area contributed by atoms with Crippen molar-refractivity contribution in [3.8, 4) is 10.6 Å². The molecule has 21 heavy (non-hydrogen) atoms. The number of carbonyl (C=O) groups is 1. The molecule has 1 heterocycles. The van der Waals surface area contributed by atoms with Crippen molar-refractivity contribution in [2.45, 2.75) is 20.3 Å². The molecule has 0 aliphatic carbocycles. The first-order chi connectivity index (χ1) is 10.2. The van der Waals surface area contributed by atoms with Gasteiger partial charge in [-0.2, -0.15) is 0 Å². The molecular formula is C16H21N3OS. The first kappa shape index (κ1) is 15.7. The first-order valence-electron chi connectivity index (χ1n) is 7.22. The van der Waals surface area contributed by atoms with Gasteiger partial charge in [0.1, 0.15) is 5.01 Å². The number of aromatic nitrogens is 1. The minimum atomic E-state index is -0.0385. The predicted octanol–water partition coefficient (Wildman–Crippen LogP) is 2.85. The van der Waals surface area contributed by atoms with Crippen LogP contribution >= 0.6 is 11.3 Å². The van der Waals surface area contributed by atoms with Crippen molar-refractivity contribution in [3.05, 3.63) is 40.9 Å². The maximum absolute atomic E-state index is 12.1. The quantitative estimate of drug-likeness (QED) is 0.773. The van der Waals surface area contributed by atoms with Gasteiger partial charge in [0, 0.05) is 35.3 Å². The van der Waals surface area contributed by atoms with Gasteiger partial charge < -0.3 is 10.6 Å². The van der Waals surface area contributed by atoms with E-state index < -0.39 is 0 Å². The fourth-order valence-corrected chi connectivity index (χ4v) is 2.74. The van der Waals surface area contributed by atoms with Crippen LogP contribution in [-0.2, 0) is 0 Å². The molecule has 1 aromatic heterocycles. The second-order valence-corrected chi connectivity index (χ2v) is 5.74. The molecule has 0 fully saturated rings. The zero-order chi connectivity index (χ0) is 15.1. The highest BCUT2D eigenvalue weighted by atomic mass is 32.1. The number of thiazole rings is 1. The molecule has 0 atom stereocenters. The summed E-state index contributed by atoms with van der Waals surface area (Å²) in [7, 11) is 0. The number of amides is 1. The van der Waals surface area contributed by atoms with Gasteiger partial charge in [0.2, 0.25) is 0 Å². The van der Waals surface area contributed by atoms with E-state index in [9.17, 15) is 4.79 Å². The Bertz CT molecular complexity index is 595. The van der Waals surface area contributed by atoms with Crippen LogP contribution in [0.15, 0.2) is 29.6 Å². The summed E-state index contributed by atoms with van der Waals surface area (Å²) in [6.45, 7) is 6.51.